The quantitative estimate of drug-likeness (QED) is 0.482. The molecule has 3 rings (SSSR count). The molecule has 1 N–H and O–H groups in total. The van der Waals surface area contributed by atoms with Gasteiger partial charge in [-0.2, -0.15) is 22.0 Å². The molecule has 0 saturated heterocycles. The minimum absolute atomic E-state index is 0.0554. The van der Waals surface area contributed by atoms with Gasteiger partial charge in [0.15, 0.2) is 11.5 Å². The maximum Gasteiger partial charge on any atom is 0.458 e. The zero-order valence-corrected chi connectivity index (χ0v) is 16.9. The average molecular weight is 470 g/mol. The predicted octanol–water partition coefficient (Wildman–Crippen LogP) is 6.64. The van der Waals surface area contributed by atoms with Crippen LogP contribution >= 0.6 is 0 Å². The Bertz CT molecular complexity index is 1160. The average Bonchev–Trinajstić information content (AvgIpc) is 2.75. The number of ether oxygens (including phenoxy) is 2. The molecule has 0 atom stereocenters. The van der Waals surface area contributed by atoms with E-state index in [9.17, 15) is 31.1 Å². The fourth-order valence-electron chi connectivity index (χ4n) is 2.97. The van der Waals surface area contributed by atoms with Gasteiger partial charge in [-0.1, -0.05) is 24.3 Å². The van der Waals surface area contributed by atoms with Crippen molar-refractivity contribution in [3.8, 4) is 17.2 Å². The fourth-order valence-corrected chi connectivity index (χ4v) is 2.97. The third-order valence-corrected chi connectivity index (χ3v) is 4.70. The summed E-state index contributed by atoms with van der Waals surface area (Å²) >= 11 is 0. The molecule has 2 aromatic carbocycles. The standard InChI is InChI=1S/C23H16F6O4/c1-32-20-12-17(24)8-9-18(20)33-19-11-16(22(25,26)23(27,28)29)7-6-15(19)10-13-2-4-14(5-3-13)21(30)31/h2,4-12H,3H2,1H3,(H,30,31). The van der Waals surface area contributed by atoms with E-state index in [1.165, 1.54) is 31.4 Å². The Balaban J connectivity index is 2.07. The SMILES string of the molecule is COc1cc(F)ccc1Oc1cc(C(F)(F)C(F)(F)F)ccc1C=C1C=CC(C(=O)O)=CC1. The molecule has 0 saturated carbocycles. The highest BCUT2D eigenvalue weighted by Gasteiger charge is 2.58. The number of rotatable bonds is 6. The third kappa shape index (κ3) is 5.21. The molecular formula is C23H16F6O4. The second kappa shape index (κ2) is 9.05. The van der Waals surface area contributed by atoms with Crippen LogP contribution in [-0.4, -0.2) is 24.4 Å². The largest absolute Gasteiger partial charge is 0.493 e. The Morgan fingerprint density at radius 2 is 1.73 bits per heavy atom. The summed E-state index contributed by atoms with van der Waals surface area (Å²) in [6.45, 7) is 0. The van der Waals surface area contributed by atoms with Crippen LogP contribution in [0.2, 0.25) is 0 Å². The smallest absolute Gasteiger partial charge is 0.458 e. The second-order valence-electron chi connectivity index (χ2n) is 6.94. The van der Waals surface area contributed by atoms with Gasteiger partial charge >= 0.3 is 18.1 Å². The summed E-state index contributed by atoms with van der Waals surface area (Å²) in [6.07, 6.45) is 0.0213. The third-order valence-electron chi connectivity index (χ3n) is 4.70. The zero-order valence-electron chi connectivity index (χ0n) is 16.9. The van der Waals surface area contributed by atoms with Crippen LogP contribution in [0.1, 0.15) is 17.5 Å². The number of hydrogen-bond acceptors (Lipinski definition) is 3. The van der Waals surface area contributed by atoms with Crippen molar-refractivity contribution in [2.24, 2.45) is 0 Å². The van der Waals surface area contributed by atoms with Gasteiger partial charge in [-0.15, -0.1) is 0 Å². The molecule has 0 amide bonds. The molecule has 0 heterocycles. The van der Waals surface area contributed by atoms with E-state index in [1.54, 1.807) is 0 Å². The van der Waals surface area contributed by atoms with Crippen molar-refractivity contribution in [2.75, 3.05) is 7.11 Å². The molecule has 33 heavy (non-hydrogen) atoms. The Morgan fingerprint density at radius 1 is 1.00 bits per heavy atom. The maximum atomic E-state index is 13.9. The Hall–Kier alpha value is -3.69. The number of allylic oxidation sites excluding steroid dienone is 3. The first kappa shape index (κ1) is 24.0. The van der Waals surface area contributed by atoms with Crippen LogP contribution < -0.4 is 9.47 Å². The van der Waals surface area contributed by atoms with Crippen LogP contribution in [-0.2, 0) is 10.7 Å². The number of carboxylic acids is 1. The topological polar surface area (TPSA) is 55.8 Å². The van der Waals surface area contributed by atoms with Gasteiger partial charge in [0.25, 0.3) is 0 Å². The highest BCUT2D eigenvalue weighted by molar-refractivity contribution is 5.90. The van der Waals surface area contributed by atoms with Crippen molar-refractivity contribution in [3.05, 3.63) is 82.7 Å². The molecule has 2 aromatic rings. The second-order valence-corrected chi connectivity index (χ2v) is 6.94. The lowest BCUT2D eigenvalue weighted by atomic mass is 9.98. The summed E-state index contributed by atoms with van der Waals surface area (Å²) in [5.41, 5.74) is -0.610. The lowest BCUT2D eigenvalue weighted by Gasteiger charge is -2.21. The van der Waals surface area contributed by atoms with E-state index >= 15 is 0 Å². The highest BCUT2D eigenvalue weighted by atomic mass is 19.4. The van der Waals surface area contributed by atoms with Crippen LogP contribution in [0.4, 0.5) is 26.3 Å². The summed E-state index contributed by atoms with van der Waals surface area (Å²) in [5.74, 6) is -7.53. The lowest BCUT2D eigenvalue weighted by Crippen LogP contribution is -2.33. The van der Waals surface area contributed by atoms with E-state index in [2.05, 4.69) is 0 Å². The van der Waals surface area contributed by atoms with Crippen LogP contribution in [0.15, 0.2) is 65.8 Å². The number of methoxy groups -OCH3 is 1. The molecule has 0 fully saturated rings. The molecule has 0 radical (unpaired) electrons. The molecule has 174 valence electrons. The zero-order chi connectivity index (χ0) is 24.4. The van der Waals surface area contributed by atoms with E-state index in [-0.39, 0.29) is 34.8 Å². The molecule has 0 bridgehead atoms. The number of halogens is 6. The highest BCUT2D eigenvalue weighted by Crippen LogP contribution is 2.46. The summed E-state index contributed by atoms with van der Waals surface area (Å²) < 4.78 is 90.6. The van der Waals surface area contributed by atoms with E-state index < -0.39 is 29.4 Å². The Kier molecular flexibility index (Phi) is 6.57. The first-order valence-corrected chi connectivity index (χ1v) is 9.35. The molecule has 0 spiro atoms. The summed E-state index contributed by atoms with van der Waals surface area (Å²) in [7, 11) is 1.21. The number of benzene rings is 2. The Morgan fingerprint density at radius 3 is 2.30 bits per heavy atom. The lowest BCUT2D eigenvalue weighted by molar-refractivity contribution is -0.289. The van der Waals surface area contributed by atoms with Gasteiger partial charge in [0, 0.05) is 17.2 Å². The van der Waals surface area contributed by atoms with Crippen LogP contribution in [0, 0.1) is 5.82 Å². The molecule has 0 aromatic heterocycles. The van der Waals surface area contributed by atoms with Gasteiger partial charge in [-0.3, -0.25) is 0 Å². The first-order chi connectivity index (χ1) is 15.4. The minimum Gasteiger partial charge on any atom is -0.493 e. The molecule has 10 heteroatoms. The van der Waals surface area contributed by atoms with Gasteiger partial charge in [-0.05, 0) is 42.3 Å². The van der Waals surface area contributed by atoms with Crippen molar-refractivity contribution in [2.45, 2.75) is 18.5 Å². The van der Waals surface area contributed by atoms with E-state index in [1.807, 2.05) is 0 Å². The van der Waals surface area contributed by atoms with Gasteiger partial charge in [-0.25, -0.2) is 9.18 Å². The van der Waals surface area contributed by atoms with Gasteiger partial charge in [0.2, 0.25) is 0 Å². The van der Waals surface area contributed by atoms with Gasteiger partial charge < -0.3 is 14.6 Å². The van der Waals surface area contributed by atoms with Gasteiger partial charge in [0.05, 0.1) is 12.7 Å². The molecule has 0 unspecified atom stereocenters. The van der Waals surface area contributed by atoms with Crippen LogP contribution in [0.5, 0.6) is 17.2 Å². The number of carbonyl (C=O) groups is 1. The van der Waals surface area contributed by atoms with Crippen molar-refractivity contribution < 1.29 is 45.7 Å². The molecule has 1 aliphatic rings. The van der Waals surface area contributed by atoms with E-state index in [4.69, 9.17) is 14.6 Å². The Labute approximate surface area is 184 Å². The first-order valence-electron chi connectivity index (χ1n) is 9.35. The van der Waals surface area contributed by atoms with Crippen LogP contribution in [0.25, 0.3) is 6.08 Å². The van der Waals surface area contributed by atoms with E-state index in [0.717, 1.165) is 24.3 Å². The van der Waals surface area contributed by atoms with Crippen molar-refractivity contribution in [3.63, 3.8) is 0 Å². The number of alkyl halides is 5. The number of carboxylic acid groups (broad SMARTS) is 1. The maximum absolute atomic E-state index is 13.9. The van der Waals surface area contributed by atoms with Crippen molar-refractivity contribution in [1.82, 2.24) is 0 Å². The molecule has 1 aliphatic carbocycles. The summed E-state index contributed by atoms with van der Waals surface area (Å²) in [5, 5.41) is 9.00. The van der Waals surface area contributed by atoms with Crippen molar-refractivity contribution in [1.29, 1.82) is 0 Å². The molecular weight excluding hydrogens is 454 g/mol. The number of aliphatic carboxylic acids is 1. The predicted molar refractivity (Wildman–Crippen MR) is 107 cm³/mol. The molecule has 0 aliphatic heterocycles. The van der Waals surface area contributed by atoms with Crippen molar-refractivity contribution >= 4 is 12.0 Å². The normalized spacial score (nSPS) is 15.4. The fraction of sp³-hybridized carbons (Fsp3) is 0.174. The monoisotopic (exact) mass is 470 g/mol. The van der Waals surface area contributed by atoms with Crippen LogP contribution in [0.3, 0.4) is 0 Å². The summed E-state index contributed by atoms with van der Waals surface area (Å²) in [4.78, 5) is 11.0. The van der Waals surface area contributed by atoms with Gasteiger partial charge in [0.1, 0.15) is 11.6 Å². The minimum atomic E-state index is -5.83. The summed E-state index contributed by atoms with van der Waals surface area (Å²) in [6, 6.07) is 5.31. The number of hydrogen-bond donors (Lipinski definition) is 1. The molecule has 4 nitrogen and oxygen atoms in total. The van der Waals surface area contributed by atoms with E-state index in [0.29, 0.717) is 17.7 Å².